The van der Waals surface area contributed by atoms with Gasteiger partial charge in [0.05, 0.1) is 17.9 Å². The van der Waals surface area contributed by atoms with Gasteiger partial charge in [-0.1, -0.05) is 100 Å². The summed E-state index contributed by atoms with van der Waals surface area (Å²) in [4.78, 5) is 14.0. The number of anilines is 1. The van der Waals surface area contributed by atoms with Crippen LogP contribution in [0.5, 0.6) is 5.75 Å². The van der Waals surface area contributed by atoms with E-state index in [1.54, 1.807) is 23.5 Å². The van der Waals surface area contributed by atoms with E-state index in [1.807, 2.05) is 24.3 Å². The first-order valence-corrected chi connectivity index (χ1v) is 14.7. The van der Waals surface area contributed by atoms with Crippen molar-refractivity contribution < 1.29 is 18.5 Å². The molecule has 0 aliphatic rings. The lowest BCUT2D eigenvalue weighted by Gasteiger charge is -2.13. The lowest BCUT2D eigenvalue weighted by molar-refractivity contribution is -0.683. The van der Waals surface area contributed by atoms with E-state index in [-0.39, 0.29) is 18.1 Å². The average Bonchev–Trinajstić information content (AvgIpc) is 3.28. The summed E-state index contributed by atoms with van der Waals surface area (Å²) in [5.41, 5.74) is 4.50. The molecule has 3 rings (SSSR count). The fourth-order valence-electron chi connectivity index (χ4n) is 4.48. The molecule has 0 aliphatic carbocycles. The number of unbranched alkanes of at least 4 members (excludes halogenated alkanes) is 9. The molecule has 1 heterocycles. The summed E-state index contributed by atoms with van der Waals surface area (Å²) in [7, 11) is 0. The Balaban J connectivity index is 1.43. The number of benzene rings is 2. The third kappa shape index (κ3) is 10.6. The minimum atomic E-state index is -0.414. The van der Waals surface area contributed by atoms with Crippen LogP contribution in [0.2, 0.25) is 0 Å². The molecule has 1 N–H and O–H groups in total. The Hall–Kier alpha value is -2.73. The molecular weight excluding hydrogens is 483 g/mol. The molecule has 0 saturated heterocycles. The Morgan fingerprint density at radius 1 is 0.973 bits per heavy atom. The topological polar surface area (TPSA) is 42.2 Å². The van der Waals surface area contributed by atoms with Gasteiger partial charge in [0.2, 0.25) is 11.4 Å². The van der Waals surface area contributed by atoms with Crippen molar-refractivity contribution in [3.8, 4) is 5.75 Å². The van der Waals surface area contributed by atoms with Crippen molar-refractivity contribution in [1.82, 2.24) is 0 Å². The van der Waals surface area contributed by atoms with Crippen LogP contribution >= 0.6 is 11.3 Å². The van der Waals surface area contributed by atoms with Crippen molar-refractivity contribution in [1.29, 1.82) is 0 Å². The van der Waals surface area contributed by atoms with Crippen LogP contribution in [0.3, 0.4) is 0 Å². The summed E-state index contributed by atoms with van der Waals surface area (Å²) in [6.45, 7) is 5.54. The number of ether oxygens (including phenoxy) is 1. The van der Waals surface area contributed by atoms with Crippen molar-refractivity contribution in [2.24, 2.45) is 0 Å². The van der Waals surface area contributed by atoms with E-state index in [9.17, 15) is 9.18 Å². The molecule has 0 bridgehead atoms. The molecule has 1 aromatic heterocycles. The molecule has 0 spiro atoms. The number of rotatable bonds is 17. The molecule has 1 amide bonds. The maximum absolute atomic E-state index is 14.5. The smallest absolute Gasteiger partial charge is 0.228 e. The third-order valence-corrected chi connectivity index (χ3v) is 7.29. The number of aryl methyl sites for hydroxylation is 1. The van der Waals surface area contributed by atoms with Gasteiger partial charge in [0.15, 0.2) is 24.3 Å². The number of nitrogens with one attached hydrogen (secondary N) is 1. The van der Waals surface area contributed by atoms with E-state index in [0.717, 1.165) is 30.6 Å². The van der Waals surface area contributed by atoms with Gasteiger partial charge in [0.1, 0.15) is 0 Å². The van der Waals surface area contributed by atoms with Crippen LogP contribution in [0.4, 0.5) is 10.1 Å². The van der Waals surface area contributed by atoms with E-state index in [0.29, 0.717) is 12.2 Å². The highest BCUT2D eigenvalue weighted by Gasteiger charge is 2.14. The zero-order valence-electron chi connectivity index (χ0n) is 22.4. The largest absolute Gasteiger partial charge is 0.490 e. The quantitative estimate of drug-likeness (QED) is 0.143. The number of hydrogen-bond donors (Lipinski definition) is 1. The van der Waals surface area contributed by atoms with Gasteiger partial charge in [-0.2, -0.15) is 4.57 Å². The second kappa shape index (κ2) is 16.2. The molecular formula is C31H42FN2O2S+. The summed E-state index contributed by atoms with van der Waals surface area (Å²) < 4.78 is 22.5. The summed E-state index contributed by atoms with van der Waals surface area (Å²) in [5.74, 6) is -0.403. The van der Waals surface area contributed by atoms with Crippen LogP contribution in [-0.2, 0) is 17.8 Å². The number of aromatic nitrogens is 1. The molecule has 0 unspecified atom stereocenters. The second-order valence-electron chi connectivity index (χ2n) is 9.82. The van der Waals surface area contributed by atoms with Gasteiger partial charge < -0.3 is 10.1 Å². The minimum absolute atomic E-state index is 0.0633. The van der Waals surface area contributed by atoms with E-state index in [4.69, 9.17) is 4.74 Å². The number of carbonyl (C=O) groups is 1. The zero-order valence-corrected chi connectivity index (χ0v) is 23.3. The van der Waals surface area contributed by atoms with Crippen LogP contribution in [0, 0.1) is 12.7 Å². The summed E-state index contributed by atoms with van der Waals surface area (Å²) in [5, 5.41) is 2.96. The van der Waals surface area contributed by atoms with Gasteiger partial charge in [-0.3, -0.25) is 4.79 Å². The SMILES string of the molecule is CCCCCCCCCCCCOc1c(F)cccc1CC(=O)Nc1cccc(C[n+]2csc(C)c2)c1. The molecule has 3 aromatic rings. The van der Waals surface area contributed by atoms with Crippen molar-refractivity contribution >= 4 is 22.9 Å². The molecule has 0 radical (unpaired) electrons. The molecule has 0 aliphatic heterocycles. The van der Waals surface area contributed by atoms with Crippen molar-refractivity contribution in [2.45, 2.75) is 91.0 Å². The van der Waals surface area contributed by atoms with E-state index >= 15 is 0 Å². The number of para-hydroxylation sites is 1. The average molecular weight is 526 g/mol. The van der Waals surface area contributed by atoms with E-state index in [1.165, 1.54) is 62.3 Å². The first-order chi connectivity index (χ1) is 18.0. The van der Waals surface area contributed by atoms with Crippen LogP contribution in [0.1, 0.15) is 87.1 Å². The van der Waals surface area contributed by atoms with E-state index in [2.05, 4.69) is 35.4 Å². The van der Waals surface area contributed by atoms with Crippen LogP contribution in [-0.4, -0.2) is 12.5 Å². The molecule has 37 heavy (non-hydrogen) atoms. The fourth-order valence-corrected chi connectivity index (χ4v) is 5.12. The Morgan fingerprint density at radius 2 is 1.68 bits per heavy atom. The number of nitrogens with zero attached hydrogens (tertiary/aromatic N) is 1. The van der Waals surface area contributed by atoms with Gasteiger partial charge in [0, 0.05) is 16.8 Å². The highest BCUT2D eigenvalue weighted by atomic mass is 32.1. The standard InChI is InChI=1S/C31H41FN2O2S/c1-3-4-5-6-7-8-9-10-11-12-19-36-31-27(16-14-18-29(31)32)21-30(35)33-28-17-13-15-26(20-28)23-34-22-25(2)37-24-34/h13-18,20,22,24H,3-12,19,21,23H2,1-2H3/p+1. The summed E-state index contributed by atoms with van der Waals surface area (Å²) in [6, 6.07) is 12.6. The van der Waals surface area contributed by atoms with Gasteiger partial charge in [-0.15, -0.1) is 0 Å². The summed E-state index contributed by atoms with van der Waals surface area (Å²) in [6.07, 6.45) is 14.6. The molecule has 0 saturated carbocycles. The number of halogens is 1. The van der Waals surface area contributed by atoms with Crippen LogP contribution < -0.4 is 14.6 Å². The molecule has 200 valence electrons. The van der Waals surface area contributed by atoms with E-state index < -0.39 is 5.82 Å². The number of hydrogen-bond acceptors (Lipinski definition) is 3. The molecule has 0 fully saturated rings. The predicted molar refractivity (Wildman–Crippen MR) is 151 cm³/mol. The maximum atomic E-state index is 14.5. The fraction of sp³-hybridized carbons (Fsp3) is 0.484. The van der Waals surface area contributed by atoms with Crippen molar-refractivity contribution in [2.75, 3.05) is 11.9 Å². The maximum Gasteiger partial charge on any atom is 0.228 e. The Labute approximate surface area is 225 Å². The molecule has 6 heteroatoms. The summed E-state index contributed by atoms with van der Waals surface area (Å²) >= 11 is 1.71. The van der Waals surface area contributed by atoms with Crippen molar-refractivity contribution in [3.63, 3.8) is 0 Å². The first kappa shape index (κ1) is 28.8. The zero-order chi connectivity index (χ0) is 26.3. The number of thiazole rings is 1. The van der Waals surface area contributed by atoms with Gasteiger partial charge in [-0.25, -0.2) is 4.39 Å². The second-order valence-corrected chi connectivity index (χ2v) is 10.9. The Morgan fingerprint density at radius 3 is 2.38 bits per heavy atom. The Kier molecular flexibility index (Phi) is 12.6. The van der Waals surface area contributed by atoms with Gasteiger partial charge in [-0.05, 0) is 31.5 Å². The first-order valence-electron chi connectivity index (χ1n) is 13.8. The third-order valence-electron chi connectivity index (χ3n) is 6.44. The van der Waals surface area contributed by atoms with Gasteiger partial charge in [0.25, 0.3) is 0 Å². The highest BCUT2D eigenvalue weighted by molar-refractivity contribution is 7.09. The normalized spacial score (nSPS) is 11.0. The molecule has 2 aromatic carbocycles. The molecule has 0 atom stereocenters. The minimum Gasteiger partial charge on any atom is -0.490 e. The van der Waals surface area contributed by atoms with Crippen molar-refractivity contribution in [3.05, 3.63) is 76.0 Å². The predicted octanol–water partition coefficient (Wildman–Crippen LogP) is 8.01. The monoisotopic (exact) mass is 525 g/mol. The van der Waals surface area contributed by atoms with Crippen LogP contribution in [0.25, 0.3) is 0 Å². The van der Waals surface area contributed by atoms with Crippen LogP contribution in [0.15, 0.2) is 54.2 Å². The Bertz CT molecular complexity index is 1100. The highest BCUT2D eigenvalue weighted by Crippen LogP contribution is 2.24. The number of amides is 1. The number of carbonyl (C=O) groups excluding carboxylic acids is 1. The van der Waals surface area contributed by atoms with Gasteiger partial charge >= 0.3 is 0 Å². The lowest BCUT2D eigenvalue weighted by Crippen LogP contribution is -2.30. The lowest BCUT2D eigenvalue weighted by atomic mass is 10.1. The molecule has 4 nitrogen and oxygen atoms in total.